The van der Waals surface area contributed by atoms with E-state index in [0.29, 0.717) is 11.3 Å². The molecule has 0 fully saturated rings. The maximum Gasteiger partial charge on any atom is 0.433 e. The molecule has 0 spiro atoms. The van der Waals surface area contributed by atoms with Crippen molar-refractivity contribution in [2.24, 2.45) is 4.99 Å². The van der Waals surface area contributed by atoms with E-state index in [9.17, 15) is 18.3 Å². The highest BCUT2D eigenvalue weighted by atomic mass is 19.4. The van der Waals surface area contributed by atoms with E-state index in [1.807, 2.05) is 19.9 Å². The van der Waals surface area contributed by atoms with Crippen molar-refractivity contribution in [3.63, 3.8) is 0 Å². The second-order valence-electron chi connectivity index (χ2n) is 7.40. The van der Waals surface area contributed by atoms with Crippen LogP contribution in [0.15, 0.2) is 23.2 Å². The predicted octanol–water partition coefficient (Wildman–Crippen LogP) is 4.37. The second-order valence-corrected chi connectivity index (χ2v) is 7.40. The van der Waals surface area contributed by atoms with Crippen molar-refractivity contribution >= 4 is 11.6 Å². The molecule has 26 heavy (non-hydrogen) atoms. The summed E-state index contributed by atoms with van der Waals surface area (Å²) in [6.45, 7) is 8.57. The molecule has 140 valence electrons. The number of aliphatic hydroxyl groups is 1. The Morgan fingerprint density at radius 2 is 1.77 bits per heavy atom. The Bertz CT molecular complexity index is 861. The minimum absolute atomic E-state index is 0.0723. The third-order valence-corrected chi connectivity index (χ3v) is 4.03. The molecular formula is C18H20F3N3O2. The van der Waals surface area contributed by atoms with Gasteiger partial charge in [-0.3, -0.25) is 4.68 Å². The van der Waals surface area contributed by atoms with Gasteiger partial charge in [-0.2, -0.15) is 18.3 Å². The van der Waals surface area contributed by atoms with Crippen LogP contribution in [0.1, 0.15) is 55.1 Å². The van der Waals surface area contributed by atoms with E-state index in [1.54, 1.807) is 26.8 Å². The number of benzene rings is 1. The quantitative estimate of drug-likeness (QED) is 0.814. The zero-order valence-electron chi connectivity index (χ0n) is 15.1. The first-order valence-electron chi connectivity index (χ1n) is 8.10. The van der Waals surface area contributed by atoms with E-state index in [4.69, 9.17) is 4.74 Å². The number of nitrogens with zero attached hydrogens (tertiary/aromatic N) is 3. The van der Waals surface area contributed by atoms with Gasteiger partial charge in [0.25, 0.3) is 0 Å². The molecule has 2 aromatic rings. The van der Waals surface area contributed by atoms with Crippen LogP contribution in [0.3, 0.4) is 0 Å². The molecule has 0 aliphatic carbocycles. The number of fused-ring (bicyclic) bond motifs is 1. The predicted molar refractivity (Wildman–Crippen MR) is 90.4 cm³/mol. The molecule has 1 aromatic heterocycles. The van der Waals surface area contributed by atoms with Crippen LogP contribution >= 0.6 is 0 Å². The molecule has 8 heteroatoms. The minimum Gasteiger partial charge on any atom is -0.442 e. The van der Waals surface area contributed by atoms with Gasteiger partial charge in [-0.15, -0.1) is 0 Å². The van der Waals surface area contributed by atoms with Crippen LogP contribution in [-0.4, -0.2) is 20.8 Å². The van der Waals surface area contributed by atoms with Gasteiger partial charge in [-0.05, 0) is 46.2 Å². The van der Waals surface area contributed by atoms with Crippen LogP contribution in [-0.2, 0) is 16.5 Å². The van der Waals surface area contributed by atoms with Gasteiger partial charge in [0.2, 0.25) is 12.2 Å². The summed E-state index contributed by atoms with van der Waals surface area (Å²) in [4.78, 5) is 4.32. The Morgan fingerprint density at radius 1 is 1.12 bits per heavy atom. The lowest BCUT2D eigenvalue weighted by atomic mass is 10.0. The molecule has 0 radical (unpaired) electrons. The molecule has 0 saturated carbocycles. The maximum atomic E-state index is 13.4. The number of aliphatic imine (C=N–C) groups is 1. The summed E-state index contributed by atoms with van der Waals surface area (Å²) in [6, 6.07) is 4.51. The molecule has 1 N–H and O–H groups in total. The average molecular weight is 367 g/mol. The van der Waals surface area contributed by atoms with Gasteiger partial charge in [0.05, 0.1) is 11.2 Å². The highest BCUT2D eigenvalue weighted by Crippen LogP contribution is 2.38. The summed E-state index contributed by atoms with van der Waals surface area (Å²) in [5.41, 5.74) is 0.844. The van der Waals surface area contributed by atoms with E-state index < -0.39 is 23.7 Å². The molecular weight excluding hydrogens is 347 g/mol. The molecule has 0 bridgehead atoms. The van der Waals surface area contributed by atoms with Crippen LogP contribution in [0.5, 0.6) is 0 Å². The molecule has 1 atom stereocenters. The van der Waals surface area contributed by atoms with Crippen LogP contribution in [0.4, 0.5) is 18.9 Å². The number of aromatic nitrogens is 2. The van der Waals surface area contributed by atoms with Crippen molar-refractivity contribution in [3.8, 4) is 0 Å². The molecule has 1 unspecified atom stereocenters. The molecule has 0 amide bonds. The zero-order chi connectivity index (χ0) is 19.4. The van der Waals surface area contributed by atoms with E-state index in [0.717, 1.165) is 21.9 Å². The van der Waals surface area contributed by atoms with Gasteiger partial charge in [-0.25, -0.2) is 4.99 Å². The Hall–Kier alpha value is -2.35. The summed E-state index contributed by atoms with van der Waals surface area (Å²) in [5, 5.41) is 14.3. The molecule has 1 aliphatic heterocycles. The van der Waals surface area contributed by atoms with Gasteiger partial charge in [-0.1, -0.05) is 11.6 Å². The lowest BCUT2D eigenvalue weighted by Gasteiger charge is -2.24. The summed E-state index contributed by atoms with van der Waals surface area (Å²) in [7, 11) is 0. The van der Waals surface area contributed by atoms with Crippen molar-refractivity contribution in [1.29, 1.82) is 0 Å². The van der Waals surface area contributed by atoms with Crippen LogP contribution < -0.4 is 0 Å². The standard InChI is InChI=1S/C18H20F3N3O2/c1-9-6-10(2)14-11(7-9)16(25)26-15(22-14)12-8-13(18(19,20)21)24(23-12)17(3,4)5/h6-8,16,25H,1-5H3. The highest BCUT2D eigenvalue weighted by Gasteiger charge is 2.40. The van der Waals surface area contributed by atoms with E-state index in [-0.39, 0.29) is 11.6 Å². The Balaban J connectivity index is 2.16. The lowest BCUT2D eigenvalue weighted by Crippen LogP contribution is -2.29. The fraction of sp³-hybridized carbons (Fsp3) is 0.444. The maximum absolute atomic E-state index is 13.4. The molecule has 1 aliphatic rings. The first-order chi connectivity index (χ1) is 11.9. The summed E-state index contributed by atoms with van der Waals surface area (Å²) in [6.07, 6.45) is -5.89. The third-order valence-electron chi connectivity index (χ3n) is 4.03. The van der Waals surface area contributed by atoms with Crippen molar-refractivity contribution in [1.82, 2.24) is 9.78 Å². The minimum atomic E-state index is -4.57. The van der Waals surface area contributed by atoms with E-state index in [2.05, 4.69) is 10.1 Å². The summed E-state index contributed by atoms with van der Waals surface area (Å²) >= 11 is 0. The van der Waals surface area contributed by atoms with Crippen LogP contribution in [0, 0.1) is 13.8 Å². The normalized spacial score (nSPS) is 17.6. The zero-order valence-corrected chi connectivity index (χ0v) is 15.1. The van der Waals surface area contributed by atoms with E-state index >= 15 is 0 Å². The summed E-state index contributed by atoms with van der Waals surface area (Å²) < 4.78 is 46.4. The van der Waals surface area contributed by atoms with Gasteiger partial charge in [0.1, 0.15) is 11.4 Å². The monoisotopic (exact) mass is 367 g/mol. The Morgan fingerprint density at radius 3 is 2.31 bits per heavy atom. The van der Waals surface area contributed by atoms with Gasteiger partial charge >= 0.3 is 6.18 Å². The second kappa shape index (κ2) is 5.84. The van der Waals surface area contributed by atoms with Crippen molar-refractivity contribution in [2.45, 2.75) is 52.6 Å². The first kappa shape index (κ1) is 18.4. The van der Waals surface area contributed by atoms with Gasteiger partial charge < -0.3 is 9.84 Å². The number of ether oxygens (including phenoxy) is 1. The molecule has 2 heterocycles. The molecule has 3 rings (SSSR count). The van der Waals surface area contributed by atoms with E-state index in [1.165, 1.54) is 0 Å². The summed E-state index contributed by atoms with van der Waals surface area (Å²) in [5.74, 6) is -0.134. The van der Waals surface area contributed by atoms with Gasteiger partial charge in [0.15, 0.2) is 0 Å². The van der Waals surface area contributed by atoms with Crippen LogP contribution in [0.2, 0.25) is 0 Å². The smallest absolute Gasteiger partial charge is 0.433 e. The average Bonchev–Trinajstić information content (AvgIpc) is 2.93. The van der Waals surface area contributed by atoms with Gasteiger partial charge in [0, 0.05) is 11.6 Å². The fourth-order valence-electron chi connectivity index (χ4n) is 2.95. The van der Waals surface area contributed by atoms with Crippen molar-refractivity contribution in [2.75, 3.05) is 0 Å². The Kier molecular flexibility index (Phi) is 4.14. The number of aliphatic hydroxyl groups excluding tert-OH is 1. The topological polar surface area (TPSA) is 59.6 Å². The fourth-order valence-corrected chi connectivity index (χ4v) is 2.95. The number of hydrogen-bond acceptors (Lipinski definition) is 4. The number of hydrogen-bond donors (Lipinski definition) is 1. The SMILES string of the molecule is Cc1cc(C)c2c(c1)C(O)OC(c1cc(C(F)(F)F)n(C(C)(C)C)n1)=N2. The van der Waals surface area contributed by atoms with Crippen molar-refractivity contribution < 1.29 is 23.0 Å². The Labute approximate surface area is 149 Å². The first-order valence-corrected chi connectivity index (χ1v) is 8.10. The third kappa shape index (κ3) is 3.21. The lowest BCUT2D eigenvalue weighted by molar-refractivity contribution is -0.146. The van der Waals surface area contributed by atoms with Crippen LogP contribution in [0.25, 0.3) is 0 Å². The number of rotatable bonds is 1. The van der Waals surface area contributed by atoms with Crippen molar-refractivity contribution in [3.05, 3.63) is 46.3 Å². The number of alkyl halides is 3. The number of aryl methyl sites for hydroxylation is 2. The molecule has 5 nitrogen and oxygen atoms in total. The largest absolute Gasteiger partial charge is 0.442 e. The molecule has 1 aromatic carbocycles. The number of halogens is 3. The molecule has 0 saturated heterocycles. The highest BCUT2D eigenvalue weighted by molar-refractivity contribution is 5.96.